The summed E-state index contributed by atoms with van der Waals surface area (Å²) in [7, 11) is 1.70. The lowest BCUT2D eigenvalue weighted by atomic mass is 9.92. The van der Waals surface area contributed by atoms with E-state index >= 15 is 0 Å². The Hall–Kier alpha value is -2.08. The molecule has 6 nitrogen and oxygen atoms in total. The SMILES string of the molecule is CN(C(=O)NCc1ccc(C(=O)O)cc1)[C@@H]1CCCC[C@H]1O. The van der Waals surface area contributed by atoms with Crippen molar-refractivity contribution in [1.82, 2.24) is 10.2 Å². The summed E-state index contributed by atoms with van der Waals surface area (Å²) in [6.07, 6.45) is 3.12. The number of carbonyl (C=O) groups is 2. The molecule has 0 bridgehead atoms. The summed E-state index contributed by atoms with van der Waals surface area (Å²) < 4.78 is 0. The summed E-state index contributed by atoms with van der Waals surface area (Å²) in [5.74, 6) is -0.971. The first-order chi connectivity index (χ1) is 10.5. The summed E-state index contributed by atoms with van der Waals surface area (Å²) in [5.41, 5.74) is 1.05. The fraction of sp³-hybridized carbons (Fsp3) is 0.500. The van der Waals surface area contributed by atoms with Crippen molar-refractivity contribution in [2.45, 2.75) is 44.4 Å². The lowest BCUT2D eigenvalue weighted by Gasteiger charge is -2.35. The van der Waals surface area contributed by atoms with Crippen molar-refractivity contribution in [3.8, 4) is 0 Å². The maximum absolute atomic E-state index is 12.1. The topological polar surface area (TPSA) is 89.9 Å². The van der Waals surface area contributed by atoms with Crippen LogP contribution in [0.4, 0.5) is 4.79 Å². The maximum atomic E-state index is 12.1. The van der Waals surface area contributed by atoms with E-state index < -0.39 is 12.1 Å². The molecular weight excluding hydrogens is 284 g/mol. The minimum Gasteiger partial charge on any atom is -0.478 e. The van der Waals surface area contributed by atoms with E-state index in [4.69, 9.17) is 5.11 Å². The zero-order valence-electron chi connectivity index (χ0n) is 12.7. The smallest absolute Gasteiger partial charge is 0.335 e. The van der Waals surface area contributed by atoms with Crippen LogP contribution in [0.1, 0.15) is 41.6 Å². The number of likely N-dealkylation sites (N-methyl/N-ethyl adjacent to an activating group) is 1. The third-order valence-corrected chi connectivity index (χ3v) is 4.16. The van der Waals surface area contributed by atoms with Crippen LogP contribution in [-0.2, 0) is 6.54 Å². The molecule has 0 radical (unpaired) electrons. The zero-order valence-corrected chi connectivity index (χ0v) is 12.7. The molecule has 0 aliphatic heterocycles. The molecule has 1 fully saturated rings. The van der Waals surface area contributed by atoms with Gasteiger partial charge in [-0.05, 0) is 30.5 Å². The number of hydrogen-bond acceptors (Lipinski definition) is 3. The lowest BCUT2D eigenvalue weighted by molar-refractivity contribution is 0.0464. The molecule has 3 N–H and O–H groups in total. The highest BCUT2D eigenvalue weighted by atomic mass is 16.4. The van der Waals surface area contributed by atoms with Gasteiger partial charge in [0.15, 0.2) is 0 Å². The zero-order chi connectivity index (χ0) is 16.1. The van der Waals surface area contributed by atoms with Crippen molar-refractivity contribution in [2.24, 2.45) is 0 Å². The van der Waals surface area contributed by atoms with Crippen LogP contribution in [0.2, 0.25) is 0 Å². The van der Waals surface area contributed by atoms with E-state index in [9.17, 15) is 14.7 Å². The fourth-order valence-electron chi connectivity index (χ4n) is 2.76. The number of aliphatic hydroxyl groups excluding tert-OH is 1. The Bertz CT molecular complexity index is 529. The number of amides is 2. The summed E-state index contributed by atoms with van der Waals surface area (Å²) in [4.78, 5) is 24.5. The van der Waals surface area contributed by atoms with Crippen LogP contribution < -0.4 is 5.32 Å². The molecule has 1 saturated carbocycles. The molecule has 2 rings (SSSR count). The summed E-state index contributed by atoms with van der Waals surface area (Å²) >= 11 is 0. The van der Waals surface area contributed by atoms with Crippen molar-refractivity contribution in [1.29, 1.82) is 0 Å². The van der Waals surface area contributed by atoms with Crippen LogP contribution in [0.3, 0.4) is 0 Å². The van der Waals surface area contributed by atoms with E-state index in [2.05, 4.69) is 5.32 Å². The van der Waals surface area contributed by atoms with Crippen molar-refractivity contribution in [3.05, 3.63) is 35.4 Å². The first-order valence-corrected chi connectivity index (χ1v) is 7.50. The van der Waals surface area contributed by atoms with E-state index in [0.29, 0.717) is 6.54 Å². The third-order valence-electron chi connectivity index (χ3n) is 4.16. The number of aliphatic hydroxyl groups is 1. The van der Waals surface area contributed by atoms with Crippen LogP contribution >= 0.6 is 0 Å². The number of benzene rings is 1. The maximum Gasteiger partial charge on any atom is 0.335 e. The first-order valence-electron chi connectivity index (χ1n) is 7.50. The van der Waals surface area contributed by atoms with Crippen LogP contribution in [0, 0.1) is 0 Å². The highest BCUT2D eigenvalue weighted by Crippen LogP contribution is 2.22. The van der Waals surface area contributed by atoms with Crippen molar-refractivity contribution >= 4 is 12.0 Å². The van der Waals surface area contributed by atoms with Gasteiger partial charge in [0.1, 0.15) is 0 Å². The van der Waals surface area contributed by atoms with Gasteiger partial charge in [-0.3, -0.25) is 0 Å². The molecule has 1 aromatic carbocycles. The minimum absolute atomic E-state index is 0.136. The van der Waals surface area contributed by atoms with Gasteiger partial charge in [0.25, 0.3) is 0 Å². The van der Waals surface area contributed by atoms with Gasteiger partial charge in [-0.15, -0.1) is 0 Å². The van der Waals surface area contributed by atoms with Gasteiger partial charge >= 0.3 is 12.0 Å². The molecule has 2 amide bonds. The molecule has 1 aromatic rings. The van der Waals surface area contributed by atoms with E-state index in [1.807, 2.05) is 0 Å². The van der Waals surface area contributed by atoms with Gasteiger partial charge in [0.05, 0.1) is 17.7 Å². The molecule has 120 valence electrons. The Labute approximate surface area is 129 Å². The Kier molecular flexibility index (Phi) is 5.38. The fourth-order valence-corrected chi connectivity index (χ4v) is 2.76. The van der Waals surface area contributed by atoms with Crippen LogP contribution in [0.5, 0.6) is 0 Å². The Morgan fingerprint density at radius 1 is 1.23 bits per heavy atom. The Morgan fingerprint density at radius 2 is 1.86 bits per heavy atom. The summed E-state index contributed by atoms with van der Waals surface area (Å²) in [6, 6.07) is 6.02. The first kappa shape index (κ1) is 16.3. The van der Waals surface area contributed by atoms with Gasteiger partial charge < -0.3 is 20.4 Å². The molecule has 1 aliphatic carbocycles. The van der Waals surface area contributed by atoms with E-state index in [0.717, 1.165) is 31.2 Å². The van der Waals surface area contributed by atoms with Gasteiger partial charge in [0, 0.05) is 13.6 Å². The number of nitrogens with zero attached hydrogens (tertiary/aromatic N) is 1. The molecule has 0 unspecified atom stereocenters. The third kappa shape index (κ3) is 3.98. The van der Waals surface area contributed by atoms with E-state index in [1.165, 1.54) is 12.1 Å². The average molecular weight is 306 g/mol. The second-order valence-electron chi connectivity index (χ2n) is 5.69. The number of carboxylic acids is 1. The van der Waals surface area contributed by atoms with E-state index in [1.54, 1.807) is 24.1 Å². The standard InChI is InChI=1S/C16H22N2O4/c1-18(13-4-2-3-5-14(13)19)16(22)17-10-11-6-8-12(9-7-11)15(20)21/h6-9,13-14,19H,2-5,10H2,1H3,(H,17,22)(H,20,21)/t13-,14-/m1/s1. The van der Waals surface area contributed by atoms with Crippen molar-refractivity contribution in [3.63, 3.8) is 0 Å². The molecule has 2 atom stereocenters. The number of carbonyl (C=O) groups excluding carboxylic acids is 1. The van der Waals surface area contributed by atoms with Crippen LogP contribution in [0.25, 0.3) is 0 Å². The monoisotopic (exact) mass is 306 g/mol. The van der Waals surface area contributed by atoms with Gasteiger partial charge in [-0.2, -0.15) is 0 Å². The van der Waals surface area contributed by atoms with Crippen LogP contribution in [-0.4, -0.2) is 46.3 Å². The van der Waals surface area contributed by atoms with Crippen molar-refractivity contribution < 1.29 is 19.8 Å². The largest absolute Gasteiger partial charge is 0.478 e. The average Bonchev–Trinajstić information content (AvgIpc) is 2.52. The molecule has 22 heavy (non-hydrogen) atoms. The molecular formula is C16H22N2O4. The molecule has 0 spiro atoms. The minimum atomic E-state index is -0.971. The lowest BCUT2D eigenvalue weighted by Crippen LogP contribution is -2.49. The second kappa shape index (κ2) is 7.26. The number of urea groups is 1. The Morgan fingerprint density at radius 3 is 2.45 bits per heavy atom. The molecule has 0 aromatic heterocycles. The molecule has 1 aliphatic rings. The quantitative estimate of drug-likeness (QED) is 0.791. The number of rotatable bonds is 4. The highest BCUT2D eigenvalue weighted by Gasteiger charge is 2.29. The van der Waals surface area contributed by atoms with E-state index in [-0.39, 0.29) is 17.6 Å². The number of nitrogens with one attached hydrogen (secondary N) is 1. The highest BCUT2D eigenvalue weighted by molar-refractivity contribution is 5.87. The predicted octanol–water partition coefficient (Wildman–Crippen LogP) is 1.83. The van der Waals surface area contributed by atoms with Gasteiger partial charge in [-0.25, -0.2) is 9.59 Å². The molecule has 0 saturated heterocycles. The number of aromatic carboxylic acids is 1. The summed E-state index contributed by atoms with van der Waals surface area (Å²) in [5, 5.41) is 21.6. The normalized spacial score (nSPS) is 21.2. The molecule has 0 heterocycles. The van der Waals surface area contributed by atoms with Crippen molar-refractivity contribution in [2.75, 3.05) is 7.05 Å². The van der Waals surface area contributed by atoms with Crippen LogP contribution in [0.15, 0.2) is 24.3 Å². The van der Waals surface area contributed by atoms with Gasteiger partial charge in [-0.1, -0.05) is 25.0 Å². The number of carboxylic acid groups (broad SMARTS) is 1. The molecule has 6 heteroatoms. The number of hydrogen-bond donors (Lipinski definition) is 3. The van der Waals surface area contributed by atoms with Gasteiger partial charge in [0.2, 0.25) is 0 Å². The Balaban J connectivity index is 1.87. The second-order valence-corrected chi connectivity index (χ2v) is 5.69. The summed E-state index contributed by atoms with van der Waals surface area (Å²) in [6.45, 7) is 0.325. The predicted molar refractivity (Wildman–Crippen MR) is 81.7 cm³/mol.